The lowest BCUT2D eigenvalue weighted by Gasteiger charge is -2.28. The van der Waals surface area contributed by atoms with Gasteiger partial charge in [-0.15, -0.1) is 0 Å². The zero-order valence-electron chi connectivity index (χ0n) is 41.8. The van der Waals surface area contributed by atoms with Gasteiger partial charge in [-0.25, -0.2) is 0 Å². The average molecular weight is 855 g/mol. The third-order valence-corrected chi connectivity index (χ3v) is 11.7. The Bertz CT molecular complexity index is 1880. The first-order valence-electron chi connectivity index (χ1n) is 22.7. The molecule has 0 saturated carbocycles. The Kier molecular flexibility index (Phi) is 16.1. The first-order chi connectivity index (χ1) is 28.0. The Morgan fingerprint density at radius 3 is 0.919 bits per heavy atom. The number of carbonyl (C=O) groups is 3. The minimum atomic E-state index is -0.320. The first-order valence-corrected chi connectivity index (χ1v) is 22.7. The zero-order chi connectivity index (χ0) is 47.6. The van der Waals surface area contributed by atoms with Crippen LogP contribution in [0.25, 0.3) is 0 Å². The summed E-state index contributed by atoms with van der Waals surface area (Å²) in [6, 6.07) is 11.9. The van der Waals surface area contributed by atoms with E-state index in [-0.39, 0.29) is 87.5 Å². The van der Waals surface area contributed by atoms with E-state index >= 15 is 0 Å². The van der Waals surface area contributed by atoms with E-state index in [1.165, 1.54) is 4.90 Å². The maximum absolute atomic E-state index is 14.1. The van der Waals surface area contributed by atoms with Crippen molar-refractivity contribution in [3.63, 3.8) is 0 Å². The number of aromatic hydroxyl groups is 3. The molecule has 3 aromatic carbocycles. The van der Waals surface area contributed by atoms with E-state index in [0.717, 1.165) is 50.1 Å². The maximum Gasteiger partial charge on any atom is 0.229 e. The molecule has 0 spiro atoms. The Labute approximate surface area is 375 Å². The van der Waals surface area contributed by atoms with E-state index in [2.05, 4.69) is 130 Å². The number of nitrogens with one attached hydrogen (secondary N) is 1. The highest BCUT2D eigenvalue weighted by molar-refractivity contribution is 5.95. The minimum absolute atomic E-state index is 0.108. The molecule has 0 saturated heterocycles. The number of rotatable bonds is 13. The summed E-state index contributed by atoms with van der Waals surface area (Å²) in [5.41, 5.74) is 6.04. The van der Waals surface area contributed by atoms with Gasteiger partial charge in [-0.2, -0.15) is 0 Å². The number of carbonyl (C=O) groups excluding carboxylic acids is 3. The van der Waals surface area contributed by atoms with Crippen LogP contribution >= 0.6 is 0 Å². The molecule has 0 atom stereocenters. The highest BCUT2D eigenvalue weighted by Crippen LogP contribution is 2.43. The van der Waals surface area contributed by atoms with Gasteiger partial charge in [0.1, 0.15) is 17.2 Å². The number of hydrogen-bond donors (Lipinski definition) is 4. The Morgan fingerprint density at radius 2 is 0.677 bits per heavy atom. The maximum atomic E-state index is 14.1. The van der Waals surface area contributed by atoms with Crippen LogP contribution in [0.3, 0.4) is 0 Å². The summed E-state index contributed by atoms with van der Waals surface area (Å²) in [5, 5.41) is 36.7. The Morgan fingerprint density at radius 1 is 0.435 bits per heavy atom. The molecule has 0 aromatic heterocycles. The van der Waals surface area contributed by atoms with Crippen LogP contribution in [0.1, 0.15) is 200 Å². The molecule has 8 nitrogen and oxygen atoms in total. The van der Waals surface area contributed by atoms with Gasteiger partial charge in [0, 0.05) is 32.4 Å². The second kappa shape index (κ2) is 19.2. The molecule has 62 heavy (non-hydrogen) atoms. The number of phenolic OH excluding ortho intramolecular Hbond substituents is 3. The highest BCUT2D eigenvalue weighted by atomic mass is 16.3. The Hall–Kier alpha value is -4.33. The number of phenols is 3. The fourth-order valence-electron chi connectivity index (χ4n) is 7.92. The molecule has 8 heteroatoms. The third-order valence-electron chi connectivity index (χ3n) is 11.7. The van der Waals surface area contributed by atoms with E-state index in [0.29, 0.717) is 38.0 Å². The molecule has 0 unspecified atom stereocenters. The predicted octanol–water partition coefficient (Wildman–Crippen LogP) is 11.6. The second-order valence-corrected chi connectivity index (χ2v) is 23.8. The van der Waals surface area contributed by atoms with Crippen LogP contribution in [0, 0.1) is 0 Å². The van der Waals surface area contributed by atoms with Gasteiger partial charge in [-0.1, -0.05) is 161 Å². The van der Waals surface area contributed by atoms with E-state index in [4.69, 9.17) is 0 Å². The molecule has 0 heterocycles. The van der Waals surface area contributed by atoms with Crippen molar-refractivity contribution in [3.05, 3.63) is 86.5 Å². The van der Waals surface area contributed by atoms with Gasteiger partial charge in [0.2, 0.25) is 17.7 Å². The van der Waals surface area contributed by atoms with Gasteiger partial charge in [0.05, 0.1) is 0 Å². The van der Waals surface area contributed by atoms with Crippen LogP contribution in [-0.2, 0) is 66.1 Å². The number of nitrogens with zero attached hydrogens (tertiary/aromatic N) is 1. The lowest BCUT2D eigenvalue weighted by Crippen LogP contribution is -2.39. The Balaban J connectivity index is 1.84. The minimum Gasteiger partial charge on any atom is -0.507 e. The largest absolute Gasteiger partial charge is 0.507 e. The summed E-state index contributed by atoms with van der Waals surface area (Å²) in [5.74, 6) is 0.195. The summed E-state index contributed by atoms with van der Waals surface area (Å²) in [6.45, 7) is 37.6. The molecule has 4 N–H and O–H groups in total. The molecule has 3 rings (SSSR count). The van der Waals surface area contributed by atoms with E-state index < -0.39 is 0 Å². The third kappa shape index (κ3) is 13.8. The molecule has 0 aliphatic heterocycles. The molecule has 3 amide bonds. The molecule has 0 bridgehead atoms. The van der Waals surface area contributed by atoms with Gasteiger partial charge in [0.15, 0.2) is 0 Å². The normalized spacial score (nSPS) is 13.0. The monoisotopic (exact) mass is 855 g/mol. The topological polar surface area (TPSA) is 127 Å². The zero-order valence-corrected chi connectivity index (χ0v) is 41.8. The summed E-state index contributed by atoms with van der Waals surface area (Å²) in [6.07, 6.45) is 2.19. The van der Waals surface area contributed by atoms with Crippen molar-refractivity contribution in [2.75, 3.05) is 13.1 Å². The van der Waals surface area contributed by atoms with Crippen molar-refractivity contribution in [1.82, 2.24) is 10.2 Å². The van der Waals surface area contributed by atoms with Crippen molar-refractivity contribution in [3.8, 4) is 17.2 Å². The molecule has 3 aromatic rings. The van der Waals surface area contributed by atoms with Gasteiger partial charge in [-0.05, 0) is 108 Å². The van der Waals surface area contributed by atoms with Crippen molar-refractivity contribution < 1.29 is 29.7 Å². The summed E-state index contributed by atoms with van der Waals surface area (Å²) >= 11 is 0. The molecule has 0 aliphatic carbocycles. The fraction of sp³-hybridized carbons (Fsp3) is 0.611. The molecule has 0 fully saturated rings. The van der Waals surface area contributed by atoms with Crippen LogP contribution in [0.2, 0.25) is 0 Å². The number of imide groups is 1. The molecular weight excluding hydrogens is 773 g/mol. The predicted molar refractivity (Wildman–Crippen MR) is 256 cm³/mol. The number of aryl methyl sites for hydroxylation is 3. The molecular formula is C54H82N2O6. The van der Waals surface area contributed by atoms with Gasteiger partial charge >= 0.3 is 0 Å². The second-order valence-electron chi connectivity index (χ2n) is 23.8. The lowest BCUT2D eigenvalue weighted by molar-refractivity contribution is -0.144. The lowest BCUT2D eigenvalue weighted by atomic mass is 9.78. The summed E-state index contributed by atoms with van der Waals surface area (Å²) in [7, 11) is 0. The number of amides is 3. The van der Waals surface area contributed by atoms with Crippen molar-refractivity contribution in [1.29, 1.82) is 0 Å². The molecule has 0 radical (unpaired) electrons. The standard InChI is InChI=1S/C54H82N2O6/c1-49(2,3)37-28-34(29-38(46(37)60)50(4,5)6)20-23-43(57)55-26-19-27-56(44(58)24-21-35-30-39(51(7,8)9)47(61)40(31-35)52(10,11)12)45(59)25-22-36-32-41(53(13,14)15)48(62)42(33-36)54(16,17)18/h28-33,60-62H,19-27H2,1-18H3,(H,55,57). The van der Waals surface area contributed by atoms with Gasteiger partial charge < -0.3 is 20.6 Å². The van der Waals surface area contributed by atoms with Gasteiger partial charge in [-0.3, -0.25) is 19.3 Å². The number of benzene rings is 3. The summed E-state index contributed by atoms with van der Waals surface area (Å²) in [4.78, 5) is 42.8. The van der Waals surface area contributed by atoms with Crippen LogP contribution in [0.15, 0.2) is 36.4 Å². The van der Waals surface area contributed by atoms with Crippen LogP contribution in [-0.4, -0.2) is 51.0 Å². The van der Waals surface area contributed by atoms with Crippen molar-refractivity contribution in [2.45, 2.75) is 202 Å². The number of hydrogen-bond acceptors (Lipinski definition) is 6. The molecule has 0 aliphatic rings. The first kappa shape index (κ1) is 52.0. The van der Waals surface area contributed by atoms with Gasteiger partial charge in [0.25, 0.3) is 0 Å². The molecule has 344 valence electrons. The highest BCUT2D eigenvalue weighted by Gasteiger charge is 2.30. The van der Waals surface area contributed by atoms with Crippen molar-refractivity contribution >= 4 is 17.7 Å². The van der Waals surface area contributed by atoms with E-state index in [1.54, 1.807) is 0 Å². The van der Waals surface area contributed by atoms with Crippen LogP contribution in [0.5, 0.6) is 17.2 Å². The van der Waals surface area contributed by atoms with Crippen molar-refractivity contribution in [2.24, 2.45) is 0 Å². The quantitative estimate of drug-likeness (QED) is 0.127. The van der Waals surface area contributed by atoms with Crippen LogP contribution in [0.4, 0.5) is 0 Å². The van der Waals surface area contributed by atoms with E-state index in [9.17, 15) is 29.7 Å². The SMILES string of the molecule is CC(C)(C)c1cc(CCC(=O)NCCCN(C(=O)CCc2cc(C(C)(C)C)c(O)c(C(C)(C)C)c2)C(=O)CCc2cc(C(C)(C)C)c(O)c(C(C)(C)C)c2)cc(C(C)(C)C)c1O. The summed E-state index contributed by atoms with van der Waals surface area (Å²) < 4.78 is 0. The smallest absolute Gasteiger partial charge is 0.229 e. The fourth-order valence-corrected chi connectivity index (χ4v) is 7.92. The van der Waals surface area contributed by atoms with Crippen LogP contribution < -0.4 is 5.32 Å². The average Bonchev–Trinajstić information content (AvgIpc) is 3.10. The van der Waals surface area contributed by atoms with E-state index in [1.807, 2.05) is 36.4 Å².